The summed E-state index contributed by atoms with van der Waals surface area (Å²) < 4.78 is 0. The highest BCUT2D eigenvalue weighted by Crippen LogP contribution is 2.21. The SMILES string of the molecule is Cc1cc(CNC2CCCN(c3ccc([N+](=O)[O-])nc3)C2)ccn1. The maximum atomic E-state index is 10.7. The van der Waals surface area contributed by atoms with E-state index in [1.54, 1.807) is 12.3 Å². The second kappa shape index (κ2) is 7.35. The normalized spacial score (nSPS) is 17.7. The molecule has 1 atom stereocenters. The van der Waals surface area contributed by atoms with E-state index in [1.165, 1.54) is 11.6 Å². The molecule has 0 aromatic carbocycles. The molecule has 0 spiro atoms. The van der Waals surface area contributed by atoms with Gasteiger partial charge in [-0.1, -0.05) is 0 Å². The summed E-state index contributed by atoms with van der Waals surface area (Å²) >= 11 is 0. The second-order valence-corrected chi connectivity index (χ2v) is 6.10. The third kappa shape index (κ3) is 4.05. The van der Waals surface area contributed by atoms with Crippen molar-refractivity contribution in [2.75, 3.05) is 18.0 Å². The molecule has 3 heterocycles. The Bertz CT molecular complexity index is 704. The fraction of sp³-hybridized carbons (Fsp3) is 0.412. The number of aromatic nitrogens is 2. The predicted molar refractivity (Wildman–Crippen MR) is 91.9 cm³/mol. The molecule has 0 bridgehead atoms. The monoisotopic (exact) mass is 327 g/mol. The molecule has 24 heavy (non-hydrogen) atoms. The average Bonchev–Trinajstić information content (AvgIpc) is 2.60. The molecule has 1 N–H and O–H groups in total. The van der Waals surface area contributed by atoms with E-state index in [-0.39, 0.29) is 5.82 Å². The van der Waals surface area contributed by atoms with E-state index in [9.17, 15) is 10.1 Å². The molecule has 0 radical (unpaired) electrons. The van der Waals surface area contributed by atoms with Crippen molar-refractivity contribution in [3.63, 3.8) is 0 Å². The quantitative estimate of drug-likeness (QED) is 0.671. The van der Waals surface area contributed by atoms with Gasteiger partial charge in [0.25, 0.3) is 0 Å². The van der Waals surface area contributed by atoms with Crippen molar-refractivity contribution in [3.05, 3.63) is 58.0 Å². The van der Waals surface area contributed by atoms with Gasteiger partial charge in [-0.25, -0.2) is 0 Å². The Labute approximate surface area is 140 Å². The molecule has 1 saturated heterocycles. The zero-order chi connectivity index (χ0) is 16.9. The van der Waals surface area contributed by atoms with Crippen molar-refractivity contribution in [2.24, 2.45) is 0 Å². The van der Waals surface area contributed by atoms with E-state index in [0.29, 0.717) is 6.04 Å². The molecular weight excluding hydrogens is 306 g/mol. The van der Waals surface area contributed by atoms with Gasteiger partial charge in [0.1, 0.15) is 0 Å². The van der Waals surface area contributed by atoms with Crippen LogP contribution in [0.1, 0.15) is 24.1 Å². The summed E-state index contributed by atoms with van der Waals surface area (Å²) in [5, 5.41) is 14.3. The Morgan fingerprint density at radius 2 is 2.25 bits per heavy atom. The molecule has 0 saturated carbocycles. The van der Waals surface area contributed by atoms with Crippen LogP contribution in [-0.4, -0.2) is 34.0 Å². The Kier molecular flexibility index (Phi) is 5.00. The molecule has 0 aliphatic carbocycles. The van der Waals surface area contributed by atoms with Crippen LogP contribution in [0.15, 0.2) is 36.7 Å². The van der Waals surface area contributed by atoms with Crippen LogP contribution >= 0.6 is 0 Å². The molecule has 7 nitrogen and oxygen atoms in total. The van der Waals surface area contributed by atoms with Crippen molar-refractivity contribution in [1.29, 1.82) is 0 Å². The molecule has 126 valence electrons. The molecule has 0 amide bonds. The second-order valence-electron chi connectivity index (χ2n) is 6.10. The van der Waals surface area contributed by atoms with Gasteiger partial charge in [-0.05, 0) is 53.4 Å². The van der Waals surface area contributed by atoms with Crippen molar-refractivity contribution in [3.8, 4) is 0 Å². The summed E-state index contributed by atoms with van der Waals surface area (Å²) in [6.45, 7) is 4.64. The lowest BCUT2D eigenvalue weighted by atomic mass is 10.0. The average molecular weight is 327 g/mol. The zero-order valence-electron chi connectivity index (χ0n) is 13.7. The Hall–Kier alpha value is -2.54. The van der Waals surface area contributed by atoms with Crippen LogP contribution in [0.5, 0.6) is 0 Å². The van der Waals surface area contributed by atoms with Gasteiger partial charge in [0.05, 0.1) is 5.69 Å². The Balaban J connectivity index is 1.58. The summed E-state index contributed by atoms with van der Waals surface area (Å²) in [6.07, 6.45) is 5.64. The smallest absolute Gasteiger partial charge is 0.363 e. The van der Waals surface area contributed by atoms with Gasteiger partial charge in [-0.3, -0.25) is 4.98 Å². The molecule has 3 rings (SSSR count). The highest BCUT2D eigenvalue weighted by atomic mass is 16.6. The molecular formula is C17H21N5O2. The largest absolute Gasteiger partial charge is 0.367 e. The number of piperidine rings is 1. The van der Waals surface area contributed by atoms with Crippen molar-refractivity contribution in [1.82, 2.24) is 15.3 Å². The van der Waals surface area contributed by atoms with Crippen molar-refractivity contribution >= 4 is 11.5 Å². The fourth-order valence-electron chi connectivity index (χ4n) is 3.03. The number of nitrogens with zero attached hydrogens (tertiary/aromatic N) is 4. The number of nitrogens with one attached hydrogen (secondary N) is 1. The minimum Gasteiger partial charge on any atom is -0.367 e. The van der Waals surface area contributed by atoms with E-state index in [4.69, 9.17) is 0 Å². The van der Waals surface area contributed by atoms with Gasteiger partial charge in [0.2, 0.25) is 0 Å². The van der Waals surface area contributed by atoms with Crippen LogP contribution in [0.25, 0.3) is 0 Å². The van der Waals surface area contributed by atoms with Gasteiger partial charge in [0, 0.05) is 43.6 Å². The number of aryl methyl sites for hydroxylation is 1. The third-order valence-corrected chi connectivity index (χ3v) is 4.26. The third-order valence-electron chi connectivity index (χ3n) is 4.26. The molecule has 1 aliphatic heterocycles. The summed E-state index contributed by atoms with van der Waals surface area (Å²) in [5.74, 6) is -0.113. The summed E-state index contributed by atoms with van der Waals surface area (Å²) in [7, 11) is 0. The molecule has 1 fully saturated rings. The molecule has 2 aromatic rings. The summed E-state index contributed by atoms with van der Waals surface area (Å²) in [5.41, 5.74) is 3.19. The lowest BCUT2D eigenvalue weighted by Crippen LogP contribution is -2.45. The number of anilines is 1. The maximum absolute atomic E-state index is 10.7. The zero-order valence-corrected chi connectivity index (χ0v) is 13.7. The number of rotatable bonds is 5. The van der Waals surface area contributed by atoms with Gasteiger partial charge >= 0.3 is 5.82 Å². The standard InChI is InChI=1S/C17H21N5O2/c1-13-9-14(6-7-18-13)10-19-15-3-2-8-21(12-15)16-4-5-17(20-11-16)22(23)24/h4-7,9,11,15,19H,2-3,8,10,12H2,1H3. The summed E-state index contributed by atoms with van der Waals surface area (Å²) in [6, 6.07) is 7.75. The summed E-state index contributed by atoms with van der Waals surface area (Å²) in [4.78, 5) is 20.6. The number of hydrogen-bond donors (Lipinski definition) is 1. The highest BCUT2D eigenvalue weighted by molar-refractivity contribution is 5.47. The van der Waals surface area contributed by atoms with Gasteiger partial charge < -0.3 is 20.3 Å². The van der Waals surface area contributed by atoms with Crippen LogP contribution in [0, 0.1) is 17.0 Å². The lowest BCUT2D eigenvalue weighted by molar-refractivity contribution is -0.389. The first kappa shape index (κ1) is 16.3. The van der Waals surface area contributed by atoms with Crippen LogP contribution in [-0.2, 0) is 6.54 Å². The van der Waals surface area contributed by atoms with Crippen LogP contribution in [0.3, 0.4) is 0 Å². The van der Waals surface area contributed by atoms with Gasteiger partial charge in [-0.15, -0.1) is 0 Å². The van der Waals surface area contributed by atoms with Crippen LogP contribution in [0.4, 0.5) is 11.5 Å². The molecule has 7 heteroatoms. The topological polar surface area (TPSA) is 84.2 Å². The highest BCUT2D eigenvalue weighted by Gasteiger charge is 2.21. The number of pyridine rings is 2. The predicted octanol–water partition coefficient (Wildman–Crippen LogP) is 2.45. The number of nitro groups is 1. The van der Waals surface area contributed by atoms with Gasteiger partial charge in [0.15, 0.2) is 6.20 Å². The first-order valence-corrected chi connectivity index (χ1v) is 8.12. The van der Waals surface area contributed by atoms with E-state index < -0.39 is 4.92 Å². The number of hydrogen-bond acceptors (Lipinski definition) is 6. The molecule has 2 aromatic heterocycles. The maximum Gasteiger partial charge on any atom is 0.363 e. The van der Waals surface area contributed by atoms with Crippen LogP contribution < -0.4 is 10.2 Å². The minimum absolute atomic E-state index is 0.113. The Morgan fingerprint density at radius 3 is 2.96 bits per heavy atom. The minimum atomic E-state index is -0.471. The van der Waals surface area contributed by atoms with Crippen LogP contribution in [0.2, 0.25) is 0 Å². The van der Waals surface area contributed by atoms with Gasteiger partial charge in [-0.2, -0.15) is 0 Å². The van der Waals surface area contributed by atoms with E-state index >= 15 is 0 Å². The lowest BCUT2D eigenvalue weighted by Gasteiger charge is -2.34. The van der Waals surface area contributed by atoms with E-state index in [0.717, 1.165) is 43.9 Å². The van der Waals surface area contributed by atoms with E-state index in [2.05, 4.69) is 26.3 Å². The fourth-order valence-corrected chi connectivity index (χ4v) is 3.03. The van der Waals surface area contributed by atoms with Crippen molar-refractivity contribution in [2.45, 2.75) is 32.4 Å². The molecule has 1 unspecified atom stereocenters. The molecule has 1 aliphatic rings. The van der Waals surface area contributed by atoms with Crippen molar-refractivity contribution < 1.29 is 4.92 Å². The van der Waals surface area contributed by atoms with E-state index in [1.807, 2.05) is 19.2 Å². The Morgan fingerprint density at radius 1 is 1.38 bits per heavy atom. The first-order valence-electron chi connectivity index (χ1n) is 8.12. The first-order chi connectivity index (χ1) is 11.6.